The fourth-order valence-electron chi connectivity index (χ4n) is 4.36. The van der Waals surface area contributed by atoms with Crippen LogP contribution < -0.4 is 10.1 Å². The molecule has 0 aliphatic heterocycles. The van der Waals surface area contributed by atoms with Gasteiger partial charge in [0.05, 0.1) is 17.9 Å². The van der Waals surface area contributed by atoms with E-state index in [1.165, 1.54) is 33.5 Å². The molecule has 0 unspecified atom stereocenters. The van der Waals surface area contributed by atoms with Crippen molar-refractivity contribution >= 4 is 40.0 Å². The Morgan fingerprint density at radius 1 is 1.08 bits per heavy atom. The Morgan fingerprint density at radius 2 is 1.86 bits per heavy atom. The van der Waals surface area contributed by atoms with Crippen molar-refractivity contribution in [2.75, 3.05) is 17.7 Å². The van der Waals surface area contributed by atoms with Gasteiger partial charge in [-0.15, -0.1) is 21.5 Å². The number of anilines is 1. The number of amides is 1. The molecule has 1 N–H and O–H groups in total. The normalized spacial score (nSPS) is 13.1. The summed E-state index contributed by atoms with van der Waals surface area (Å²) < 4.78 is 13.2. The van der Waals surface area contributed by atoms with Crippen LogP contribution in [0.2, 0.25) is 0 Å². The van der Waals surface area contributed by atoms with Crippen molar-refractivity contribution in [1.29, 1.82) is 0 Å². The van der Waals surface area contributed by atoms with Crippen LogP contribution in [0.5, 0.6) is 5.75 Å². The molecule has 1 aliphatic carbocycles. The molecule has 4 rings (SSSR count). The quantitative estimate of drug-likeness (QED) is 0.189. The van der Waals surface area contributed by atoms with Crippen molar-refractivity contribution < 1.29 is 19.1 Å². The number of rotatable bonds is 11. The molecule has 0 fully saturated rings. The van der Waals surface area contributed by atoms with Crippen LogP contribution in [0.1, 0.15) is 72.2 Å². The lowest BCUT2D eigenvalue weighted by molar-refractivity contribution is -0.113. The summed E-state index contributed by atoms with van der Waals surface area (Å²) in [5, 5.41) is 12.8. The summed E-state index contributed by atoms with van der Waals surface area (Å²) in [5.74, 6) is 1.10. The number of aromatic nitrogens is 3. The molecule has 1 aliphatic rings. The van der Waals surface area contributed by atoms with Crippen LogP contribution in [-0.4, -0.2) is 39.0 Å². The fourth-order valence-corrected chi connectivity index (χ4v) is 6.48. The Hall–Kier alpha value is -2.85. The molecule has 0 spiro atoms. The van der Waals surface area contributed by atoms with Gasteiger partial charge in [-0.3, -0.25) is 4.79 Å². The van der Waals surface area contributed by atoms with Crippen LogP contribution in [0.4, 0.5) is 5.00 Å². The average Bonchev–Trinajstić information content (AvgIpc) is 3.38. The first-order valence-electron chi connectivity index (χ1n) is 12.9. The molecule has 10 heteroatoms. The highest BCUT2D eigenvalue weighted by atomic mass is 32.2. The molecule has 2 heterocycles. The molecular formula is C27H34N4O4S2. The zero-order chi connectivity index (χ0) is 26.2. The van der Waals surface area contributed by atoms with Gasteiger partial charge in [0.25, 0.3) is 0 Å². The van der Waals surface area contributed by atoms with Crippen molar-refractivity contribution in [2.24, 2.45) is 0 Å². The van der Waals surface area contributed by atoms with Crippen LogP contribution in [0.15, 0.2) is 29.4 Å². The number of hydrogen-bond acceptors (Lipinski definition) is 8. The first-order chi connectivity index (χ1) is 18.0. The maximum absolute atomic E-state index is 12.9. The van der Waals surface area contributed by atoms with Crippen LogP contribution in [0, 0.1) is 0 Å². The van der Waals surface area contributed by atoms with E-state index in [2.05, 4.69) is 34.6 Å². The number of carbonyl (C=O) groups is 2. The van der Waals surface area contributed by atoms with Crippen molar-refractivity contribution in [1.82, 2.24) is 14.8 Å². The molecule has 1 amide bonds. The largest absolute Gasteiger partial charge is 0.486 e. The summed E-state index contributed by atoms with van der Waals surface area (Å²) in [4.78, 5) is 26.8. The number of nitrogens with one attached hydrogen (secondary N) is 1. The number of fused-ring (bicyclic) bond motifs is 1. The third kappa shape index (κ3) is 6.73. The van der Waals surface area contributed by atoms with E-state index >= 15 is 0 Å². The Balaban J connectivity index is 1.39. The van der Waals surface area contributed by atoms with Gasteiger partial charge in [0.2, 0.25) is 5.91 Å². The molecule has 3 aromatic rings. The molecule has 1 aromatic carbocycles. The SMILES string of the molecule is CCOC(=O)c1c(NC(=O)CSc2nnc(COc3ccc(CC)cc3)n2CC)sc2c1CCCCC2. The molecule has 0 saturated heterocycles. The van der Waals surface area contributed by atoms with E-state index in [-0.39, 0.29) is 17.6 Å². The first kappa shape index (κ1) is 27.2. The van der Waals surface area contributed by atoms with E-state index in [4.69, 9.17) is 9.47 Å². The van der Waals surface area contributed by atoms with Gasteiger partial charge in [-0.25, -0.2) is 4.79 Å². The summed E-state index contributed by atoms with van der Waals surface area (Å²) in [6.07, 6.45) is 6.06. The maximum Gasteiger partial charge on any atom is 0.341 e. The van der Waals surface area contributed by atoms with E-state index in [1.54, 1.807) is 6.92 Å². The number of benzene rings is 1. The minimum absolute atomic E-state index is 0.155. The highest BCUT2D eigenvalue weighted by Gasteiger charge is 2.26. The molecular weight excluding hydrogens is 508 g/mol. The molecule has 0 radical (unpaired) electrons. The molecule has 37 heavy (non-hydrogen) atoms. The van der Waals surface area contributed by atoms with Crippen molar-refractivity contribution in [2.45, 2.75) is 77.6 Å². The number of hydrogen-bond donors (Lipinski definition) is 1. The predicted octanol–water partition coefficient (Wildman–Crippen LogP) is 5.68. The molecule has 0 saturated carbocycles. The second-order valence-electron chi connectivity index (χ2n) is 8.76. The van der Waals surface area contributed by atoms with Crippen molar-refractivity contribution in [3.8, 4) is 5.75 Å². The fraction of sp³-hybridized carbons (Fsp3) is 0.481. The van der Waals surface area contributed by atoms with Crippen molar-refractivity contribution in [3.63, 3.8) is 0 Å². The lowest BCUT2D eigenvalue weighted by atomic mass is 10.1. The molecule has 0 atom stereocenters. The van der Waals surface area contributed by atoms with E-state index in [0.717, 1.165) is 49.8 Å². The lowest BCUT2D eigenvalue weighted by Gasteiger charge is -2.10. The maximum atomic E-state index is 12.9. The highest BCUT2D eigenvalue weighted by molar-refractivity contribution is 7.99. The van der Waals surface area contributed by atoms with Gasteiger partial charge >= 0.3 is 5.97 Å². The van der Waals surface area contributed by atoms with Gasteiger partial charge < -0.3 is 19.4 Å². The van der Waals surface area contributed by atoms with Crippen LogP contribution >= 0.6 is 23.1 Å². The second-order valence-corrected chi connectivity index (χ2v) is 10.8. The zero-order valence-corrected chi connectivity index (χ0v) is 23.3. The standard InChI is InChI=1S/C27H34N4O4S2/c1-4-18-12-14-19(15-13-18)35-16-22-29-30-27(31(22)5-2)36-17-23(32)28-25-24(26(33)34-6-3)20-10-8-7-9-11-21(20)37-25/h12-15H,4-11,16-17H2,1-3H3,(H,28,32). The number of ether oxygens (including phenoxy) is 2. The summed E-state index contributed by atoms with van der Waals surface area (Å²) in [7, 11) is 0. The second kappa shape index (κ2) is 13.1. The minimum atomic E-state index is -0.357. The van der Waals surface area contributed by atoms with Gasteiger partial charge in [0.15, 0.2) is 11.0 Å². The molecule has 198 valence electrons. The zero-order valence-electron chi connectivity index (χ0n) is 21.7. The van der Waals surface area contributed by atoms with E-state index < -0.39 is 0 Å². The Kier molecular flexibility index (Phi) is 9.62. The van der Waals surface area contributed by atoms with Crippen LogP contribution in [0.25, 0.3) is 0 Å². The topological polar surface area (TPSA) is 95.3 Å². The predicted molar refractivity (Wildman–Crippen MR) is 147 cm³/mol. The molecule has 2 aromatic heterocycles. The van der Waals surface area contributed by atoms with Crippen LogP contribution in [0.3, 0.4) is 0 Å². The Bertz CT molecular complexity index is 1220. The van der Waals surface area contributed by atoms with E-state index in [1.807, 2.05) is 23.6 Å². The molecule has 8 nitrogen and oxygen atoms in total. The Morgan fingerprint density at radius 3 is 2.59 bits per heavy atom. The van der Waals surface area contributed by atoms with Crippen LogP contribution in [-0.2, 0) is 41.9 Å². The van der Waals surface area contributed by atoms with E-state index in [9.17, 15) is 9.59 Å². The monoisotopic (exact) mass is 542 g/mol. The number of aryl methyl sites for hydroxylation is 2. The summed E-state index contributed by atoms with van der Waals surface area (Å²) in [5.41, 5.74) is 2.84. The summed E-state index contributed by atoms with van der Waals surface area (Å²) in [6, 6.07) is 8.03. The number of thioether (sulfide) groups is 1. The van der Waals surface area contributed by atoms with Crippen molar-refractivity contribution in [3.05, 3.63) is 51.7 Å². The number of esters is 1. The van der Waals surface area contributed by atoms with Gasteiger partial charge in [0.1, 0.15) is 17.4 Å². The number of carbonyl (C=O) groups excluding carboxylic acids is 2. The number of nitrogens with zero attached hydrogens (tertiary/aromatic N) is 3. The highest BCUT2D eigenvalue weighted by Crippen LogP contribution is 2.38. The first-order valence-corrected chi connectivity index (χ1v) is 14.7. The van der Waals surface area contributed by atoms with Gasteiger partial charge in [-0.1, -0.05) is 37.2 Å². The Labute approximate surface area is 226 Å². The van der Waals surface area contributed by atoms with E-state index in [0.29, 0.717) is 41.3 Å². The third-order valence-corrected chi connectivity index (χ3v) is 8.47. The summed E-state index contributed by atoms with van der Waals surface area (Å²) in [6.45, 7) is 7.18. The van der Waals surface area contributed by atoms with Gasteiger partial charge in [-0.05, 0) is 69.2 Å². The third-order valence-electron chi connectivity index (χ3n) is 6.30. The minimum Gasteiger partial charge on any atom is -0.486 e. The van der Waals surface area contributed by atoms with Gasteiger partial charge in [0, 0.05) is 11.4 Å². The van der Waals surface area contributed by atoms with Gasteiger partial charge in [-0.2, -0.15) is 0 Å². The molecule has 0 bridgehead atoms. The number of thiophene rings is 1. The summed E-state index contributed by atoms with van der Waals surface area (Å²) >= 11 is 2.83. The smallest absolute Gasteiger partial charge is 0.341 e. The lowest BCUT2D eigenvalue weighted by Crippen LogP contribution is -2.17. The average molecular weight is 543 g/mol.